The quantitative estimate of drug-likeness (QED) is 0.482. The third-order valence-electron chi connectivity index (χ3n) is 2.43. The Hall–Kier alpha value is -1.18. The van der Waals surface area contributed by atoms with E-state index in [1.807, 2.05) is 0 Å². The molecular formula is C10H18N2O5. The lowest BCUT2D eigenvalue weighted by atomic mass is 10.2. The molecule has 0 bridgehead atoms. The highest BCUT2D eigenvalue weighted by Gasteiger charge is 2.29. The van der Waals surface area contributed by atoms with Gasteiger partial charge in [0.05, 0.1) is 12.7 Å². The summed E-state index contributed by atoms with van der Waals surface area (Å²) in [5.41, 5.74) is 5.43. The Bertz CT molecular complexity index is 271. The topological polar surface area (TPSA) is 111 Å². The van der Waals surface area contributed by atoms with Crippen LogP contribution in [-0.4, -0.2) is 55.5 Å². The first-order valence-corrected chi connectivity index (χ1v) is 5.56. The first-order valence-electron chi connectivity index (χ1n) is 5.56. The van der Waals surface area contributed by atoms with Crippen LogP contribution in [0.5, 0.6) is 0 Å². The molecule has 0 aromatic heterocycles. The van der Waals surface area contributed by atoms with Crippen LogP contribution in [0.25, 0.3) is 0 Å². The van der Waals surface area contributed by atoms with Crippen LogP contribution in [0.15, 0.2) is 0 Å². The molecule has 1 aliphatic rings. The molecule has 1 amide bonds. The van der Waals surface area contributed by atoms with E-state index in [0.29, 0.717) is 13.0 Å². The standard InChI is InChI=1S/C10H18N2O5/c11-5-7-1-2-8(17-7)10(15)12-3-4-16-6-9(13)14/h7-8H,1-6,11H2,(H,12,15)(H,13,14). The van der Waals surface area contributed by atoms with Gasteiger partial charge in [-0.1, -0.05) is 0 Å². The van der Waals surface area contributed by atoms with Gasteiger partial charge in [-0.15, -0.1) is 0 Å². The van der Waals surface area contributed by atoms with Crippen molar-refractivity contribution in [3.63, 3.8) is 0 Å². The molecule has 7 nitrogen and oxygen atoms in total. The van der Waals surface area contributed by atoms with Crippen molar-refractivity contribution in [1.29, 1.82) is 0 Å². The van der Waals surface area contributed by atoms with Crippen molar-refractivity contribution in [2.45, 2.75) is 25.0 Å². The highest BCUT2D eigenvalue weighted by molar-refractivity contribution is 5.81. The van der Waals surface area contributed by atoms with Crippen LogP contribution < -0.4 is 11.1 Å². The van der Waals surface area contributed by atoms with Crippen molar-refractivity contribution in [1.82, 2.24) is 5.32 Å². The van der Waals surface area contributed by atoms with Crippen LogP contribution >= 0.6 is 0 Å². The zero-order valence-corrected chi connectivity index (χ0v) is 9.55. The first kappa shape index (κ1) is 13.9. The number of nitrogens with two attached hydrogens (primary N) is 1. The van der Waals surface area contributed by atoms with Gasteiger partial charge in [0.2, 0.25) is 5.91 Å². The fourth-order valence-electron chi connectivity index (χ4n) is 1.59. The lowest BCUT2D eigenvalue weighted by Gasteiger charge is -2.12. The molecule has 0 saturated carbocycles. The Morgan fingerprint density at radius 3 is 2.82 bits per heavy atom. The minimum atomic E-state index is -1.03. The van der Waals surface area contributed by atoms with E-state index >= 15 is 0 Å². The smallest absolute Gasteiger partial charge is 0.329 e. The molecule has 0 aromatic rings. The molecule has 1 heterocycles. The number of nitrogens with one attached hydrogen (secondary N) is 1. The number of amides is 1. The molecule has 17 heavy (non-hydrogen) atoms. The van der Waals surface area contributed by atoms with Crippen molar-refractivity contribution < 1.29 is 24.2 Å². The average Bonchev–Trinajstić information content (AvgIpc) is 2.76. The van der Waals surface area contributed by atoms with Crippen molar-refractivity contribution in [3.05, 3.63) is 0 Å². The van der Waals surface area contributed by atoms with Gasteiger partial charge < -0.3 is 25.6 Å². The summed E-state index contributed by atoms with van der Waals surface area (Å²) in [6.45, 7) is 0.515. The Morgan fingerprint density at radius 1 is 1.47 bits per heavy atom. The van der Waals surface area contributed by atoms with Crippen molar-refractivity contribution in [2.24, 2.45) is 5.73 Å². The zero-order valence-electron chi connectivity index (χ0n) is 9.55. The van der Waals surface area contributed by atoms with Gasteiger partial charge in [-0.25, -0.2) is 4.79 Å². The summed E-state index contributed by atoms with van der Waals surface area (Å²) in [6, 6.07) is 0. The second-order valence-corrected chi connectivity index (χ2v) is 3.80. The zero-order chi connectivity index (χ0) is 12.7. The van der Waals surface area contributed by atoms with Gasteiger partial charge in [0.15, 0.2) is 0 Å². The molecule has 4 N–H and O–H groups in total. The average molecular weight is 246 g/mol. The van der Waals surface area contributed by atoms with E-state index in [0.717, 1.165) is 6.42 Å². The summed E-state index contributed by atoms with van der Waals surface area (Å²) in [4.78, 5) is 21.7. The van der Waals surface area contributed by atoms with E-state index in [1.165, 1.54) is 0 Å². The van der Waals surface area contributed by atoms with Crippen LogP contribution in [0.3, 0.4) is 0 Å². The highest BCUT2D eigenvalue weighted by Crippen LogP contribution is 2.18. The lowest BCUT2D eigenvalue weighted by Crippen LogP contribution is -2.37. The molecule has 0 spiro atoms. The molecule has 7 heteroatoms. The van der Waals surface area contributed by atoms with E-state index in [-0.39, 0.29) is 31.8 Å². The molecule has 2 unspecified atom stereocenters. The van der Waals surface area contributed by atoms with Gasteiger partial charge >= 0.3 is 5.97 Å². The van der Waals surface area contributed by atoms with Crippen LogP contribution in [0, 0.1) is 0 Å². The lowest BCUT2D eigenvalue weighted by molar-refractivity contribution is -0.142. The third-order valence-corrected chi connectivity index (χ3v) is 2.43. The van der Waals surface area contributed by atoms with E-state index in [4.69, 9.17) is 20.3 Å². The SMILES string of the molecule is NCC1CCC(C(=O)NCCOCC(=O)O)O1. The molecule has 0 radical (unpaired) electrons. The molecule has 0 aliphatic carbocycles. The molecule has 98 valence electrons. The molecule has 0 aromatic carbocycles. The van der Waals surface area contributed by atoms with Gasteiger partial charge in [0, 0.05) is 13.1 Å². The minimum Gasteiger partial charge on any atom is -0.480 e. The van der Waals surface area contributed by atoms with Gasteiger partial charge in [-0.05, 0) is 12.8 Å². The maximum absolute atomic E-state index is 11.6. The second kappa shape index (κ2) is 7.21. The highest BCUT2D eigenvalue weighted by atomic mass is 16.5. The number of hydrogen-bond acceptors (Lipinski definition) is 5. The summed E-state index contributed by atoms with van der Waals surface area (Å²) < 4.78 is 10.2. The van der Waals surface area contributed by atoms with Gasteiger partial charge in [-0.3, -0.25) is 4.79 Å². The van der Waals surface area contributed by atoms with Crippen molar-refractivity contribution >= 4 is 11.9 Å². The van der Waals surface area contributed by atoms with Gasteiger partial charge in [0.25, 0.3) is 0 Å². The molecule has 2 atom stereocenters. The largest absolute Gasteiger partial charge is 0.480 e. The molecule has 1 saturated heterocycles. The van der Waals surface area contributed by atoms with Gasteiger partial charge in [-0.2, -0.15) is 0 Å². The molecule has 1 fully saturated rings. The van der Waals surface area contributed by atoms with E-state index in [9.17, 15) is 9.59 Å². The van der Waals surface area contributed by atoms with Crippen molar-refractivity contribution in [3.8, 4) is 0 Å². The van der Waals surface area contributed by atoms with Crippen LogP contribution in [0.2, 0.25) is 0 Å². The molecule has 1 aliphatic heterocycles. The Balaban J connectivity index is 2.07. The van der Waals surface area contributed by atoms with E-state index in [1.54, 1.807) is 0 Å². The first-order chi connectivity index (χ1) is 8.13. The number of carbonyl (C=O) groups excluding carboxylic acids is 1. The maximum atomic E-state index is 11.6. The summed E-state index contributed by atoms with van der Waals surface area (Å²) in [6.07, 6.45) is 0.991. The number of rotatable bonds is 7. The monoisotopic (exact) mass is 246 g/mol. The normalized spacial score (nSPS) is 23.6. The number of carboxylic acids is 1. The number of carboxylic acid groups (broad SMARTS) is 1. The predicted octanol–water partition coefficient (Wildman–Crippen LogP) is -1.29. The predicted molar refractivity (Wildman–Crippen MR) is 58.4 cm³/mol. The van der Waals surface area contributed by atoms with Crippen molar-refractivity contribution in [2.75, 3.05) is 26.3 Å². The number of ether oxygens (including phenoxy) is 2. The van der Waals surface area contributed by atoms with Crippen LogP contribution in [-0.2, 0) is 19.1 Å². The van der Waals surface area contributed by atoms with E-state index < -0.39 is 12.1 Å². The second-order valence-electron chi connectivity index (χ2n) is 3.80. The summed E-state index contributed by atoms with van der Waals surface area (Å²) in [7, 11) is 0. The van der Waals surface area contributed by atoms with Gasteiger partial charge in [0.1, 0.15) is 12.7 Å². The van der Waals surface area contributed by atoms with Crippen LogP contribution in [0.1, 0.15) is 12.8 Å². The minimum absolute atomic E-state index is 0.0333. The molecule has 1 rings (SSSR count). The molecular weight excluding hydrogens is 228 g/mol. The summed E-state index contributed by atoms with van der Waals surface area (Å²) in [5, 5.41) is 10.9. The third kappa shape index (κ3) is 5.12. The fourth-order valence-corrected chi connectivity index (χ4v) is 1.59. The summed E-state index contributed by atoms with van der Waals surface area (Å²) in [5.74, 6) is -1.22. The number of carbonyl (C=O) groups is 2. The van der Waals surface area contributed by atoms with E-state index in [2.05, 4.69) is 5.32 Å². The Labute approximate surface area is 99.3 Å². The fraction of sp³-hybridized carbons (Fsp3) is 0.800. The number of hydrogen-bond donors (Lipinski definition) is 3. The Kier molecular flexibility index (Phi) is 5.88. The number of aliphatic carboxylic acids is 1. The Morgan fingerprint density at radius 2 is 2.24 bits per heavy atom. The maximum Gasteiger partial charge on any atom is 0.329 e. The van der Waals surface area contributed by atoms with Crippen LogP contribution in [0.4, 0.5) is 0 Å². The summed E-state index contributed by atoms with van der Waals surface area (Å²) >= 11 is 0.